The minimum atomic E-state index is -4.96. The fourth-order valence-electron chi connectivity index (χ4n) is 11.0. The Hall–Kier alpha value is -2.46. The zero-order chi connectivity index (χ0) is 69.1. The van der Waals surface area contributed by atoms with Crippen LogP contribution in [0.1, 0.15) is 369 Å². The number of carbonyl (C=O) groups excluding carboxylic acids is 4. The second-order valence-corrected chi connectivity index (χ2v) is 29.7. The molecule has 0 spiro atoms. The van der Waals surface area contributed by atoms with E-state index >= 15 is 0 Å². The minimum absolute atomic E-state index is 0.0853. The van der Waals surface area contributed by atoms with Crippen LogP contribution in [0.15, 0.2) is 24.3 Å². The van der Waals surface area contributed by atoms with Crippen molar-refractivity contribution in [2.75, 3.05) is 39.6 Å². The number of aliphatic hydroxyl groups excluding tert-OH is 1. The average molecular weight is 1380 g/mol. The Labute approximate surface area is 573 Å². The van der Waals surface area contributed by atoms with E-state index in [2.05, 4.69) is 58.9 Å². The standard InChI is InChI=1S/C75H142O17P2/c1-6-9-12-15-18-21-24-27-28-30-35-41-46-51-56-61-75(80)92-71(65-86-73(78)59-54-49-44-39-36-31-32-37-42-47-52-57-68(4)5)67-90-94(83,84)88-63-69(76)62-87-93(81,82)89-66-70(64-85-72(77)58-53-48-43-38-33-26-23-20-17-14-11-8-3)91-74(79)60-55-50-45-40-34-29-25-22-19-16-13-10-7-2/h21,24,27-28,68-71,76H,6-20,22-23,25-26,29-67H2,1-5H3,(H,81,82)(H,83,84)/b24-21-,28-27-/t69-,70+,71+/m0/s1. The van der Waals surface area contributed by atoms with E-state index in [0.717, 1.165) is 109 Å². The number of unbranched alkanes of at least 4 members (excludes halogenated alkanes) is 42. The molecule has 0 amide bonds. The summed E-state index contributed by atoms with van der Waals surface area (Å²) in [5.41, 5.74) is 0. The van der Waals surface area contributed by atoms with Crippen LogP contribution in [0.25, 0.3) is 0 Å². The quantitative estimate of drug-likeness (QED) is 0.0169. The zero-order valence-electron chi connectivity index (χ0n) is 60.6. The van der Waals surface area contributed by atoms with E-state index in [9.17, 15) is 43.2 Å². The third-order valence-corrected chi connectivity index (χ3v) is 18.8. The first-order valence-corrected chi connectivity index (χ1v) is 41.4. The molecular weight excluding hydrogens is 1230 g/mol. The second-order valence-electron chi connectivity index (χ2n) is 26.8. The van der Waals surface area contributed by atoms with Crippen molar-refractivity contribution < 1.29 is 80.2 Å². The minimum Gasteiger partial charge on any atom is -0.462 e. The van der Waals surface area contributed by atoms with Gasteiger partial charge in [-0.25, -0.2) is 9.13 Å². The number of phosphoric acid groups is 2. The van der Waals surface area contributed by atoms with Gasteiger partial charge >= 0.3 is 39.5 Å². The first kappa shape index (κ1) is 91.5. The molecule has 0 aromatic carbocycles. The molecule has 3 N–H and O–H groups in total. The smallest absolute Gasteiger partial charge is 0.462 e. The summed E-state index contributed by atoms with van der Waals surface area (Å²) in [6, 6.07) is 0. The summed E-state index contributed by atoms with van der Waals surface area (Å²) in [5.74, 6) is -1.37. The van der Waals surface area contributed by atoms with Crippen LogP contribution in [0.2, 0.25) is 0 Å². The SMILES string of the molecule is CCCCCC/C=C\C=C/CCCCCCCC(=O)O[C@H](COC(=O)CCCCCCCCCCCCCC(C)C)COP(=O)(O)OC[C@@H](O)COP(=O)(O)OC[C@@H](COC(=O)CCCCCCCCCCCCCC)OC(=O)CCCCCCCCCCCCCCC. The van der Waals surface area contributed by atoms with E-state index in [1.165, 1.54) is 180 Å². The van der Waals surface area contributed by atoms with Crippen LogP contribution in [0.5, 0.6) is 0 Å². The van der Waals surface area contributed by atoms with Gasteiger partial charge in [0.2, 0.25) is 0 Å². The summed E-state index contributed by atoms with van der Waals surface area (Å²) in [6.07, 6.45) is 58.9. The van der Waals surface area contributed by atoms with Crippen LogP contribution in [-0.2, 0) is 65.4 Å². The van der Waals surface area contributed by atoms with Crippen molar-refractivity contribution in [1.82, 2.24) is 0 Å². The van der Waals surface area contributed by atoms with Gasteiger partial charge in [0, 0.05) is 25.7 Å². The van der Waals surface area contributed by atoms with Gasteiger partial charge in [-0.15, -0.1) is 0 Å². The predicted molar refractivity (Wildman–Crippen MR) is 381 cm³/mol. The first-order chi connectivity index (χ1) is 45.5. The number of ether oxygens (including phenoxy) is 4. The molecule has 0 heterocycles. The highest BCUT2D eigenvalue weighted by molar-refractivity contribution is 7.47. The molecule has 94 heavy (non-hydrogen) atoms. The molecule has 0 aromatic heterocycles. The molecule has 0 aliphatic rings. The lowest BCUT2D eigenvalue weighted by Gasteiger charge is -2.21. The predicted octanol–water partition coefficient (Wildman–Crippen LogP) is 21.6. The summed E-state index contributed by atoms with van der Waals surface area (Å²) < 4.78 is 68.5. The van der Waals surface area contributed by atoms with Crippen molar-refractivity contribution in [3.63, 3.8) is 0 Å². The highest BCUT2D eigenvalue weighted by Crippen LogP contribution is 2.45. The van der Waals surface area contributed by atoms with Crippen molar-refractivity contribution in [1.29, 1.82) is 0 Å². The van der Waals surface area contributed by atoms with Crippen molar-refractivity contribution in [2.24, 2.45) is 5.92 Å². The van der Waals surface area contributed by atoms with Crippen molar-refractivity contribution >= 4 is 39.5 Å². The summed E-state index contributed by atoms with van der Waals surface area (Å²) in [7, 11) is -9.92. The number of hydrogen-bond donors (Lipinski definition) is 3. The number of phosphoric ester groups is 2. The molecule has 554 valence electrons. The largest absolute Gasteiger partial charge is 0.472 e. The lowest BCUT2D eigenvalue weighted by Crippen LogP contribution is -2.30. The third-order valence-electron chi connectivity index (χ3n) is 16.9. The molecule has 0 fully saturated rings. The van der Waals surface area contributed by atoms with Crippen LogP contribution in [-0.4, -0.2) is 96.7 Å². The van der Waals surface area contributed by atoms with E-state index in [1.807, 2.05) is 0 Å². The Morgan fingerprint density at radius 2 is 0.574 bits per heavy atom. The molecule has 0 saturated heterocycles. The Kier molecular flexibility index (Phi) is 65.9. The summed E-state index contributed by atoms with van der Waals surface area (Å²) in [6.45, 7) is 7.22. The Balaban J connectivity index is 5.30. The van der Waals surface area contributed by atoms with Gasteiger partial charge in [0.15, 0.2) is 12.2 Å². The fraction of sp³-hybridized carbons (Fsp3) is 0.893. The maximum atomic E-state index is 13.1. The van der Waals surface area contributed by atoms with Crippen LogP contribution in [0.3, 0.4) is 0 Å². The molecular formula is C75H142O17P2. The molecule has 0 aliphatic carbocycles. The molecule has 0 radical (unpaired) electrons. The van der Waals surface area contributed by atoms with Crippen molar-refractivity contribution in [3.8, 4) is 0 Å². The van der Waals surface area contributed by atoms with Gasteiger partial charge in [0.25, 0.3) is 0 Å². The van der Waals surface area contributed by atoms with E-state index in [-0.39, 0.29) is 25.7 Å². The van der Waals surface area contributed by atoms with Crippen LogP contribution < -0.4 is 0 Å². The van der Waals surface area contributed by atoms with Crippen LogP contribution >= 0.6 is 15.6 Å². The molecule has 0 aliphatic heterocycles. The van der Waals surface area contributed by atoms with Gasteiger partial charge in [-0.05, 0) is 57.3 Å². The molecule has 2 unspecified atom stereocenters. The van der Waals surface area contributed by atoms with E-state index in [0.29, 0.717) is 25.7 Å². The normalized spacial score (nSPS) is 14.1. The molecule has 19 heteroatoms. The lowest BCUT2D eigenvalue weighted by atomic mass is 10.0. The number of allylic oxidation sites excluding steroid dienone is 4. The summed E-state index contributed by atoms with van der Waals surface area (Å²) in [4.78, 5) is 72.8. The molecule has 0 bridgehead atoms. The molecule has 0 saturated carbocycles. The Morgan fingerprint density at radius 1 is 0.330 bits per heavy atom. The van der Waals surface area contributed by atoms with Gasteiger partial charge in [-0.3, -0.25) is 37.3 Å². The van der Waals surface area contributed by atoms with Gasteiger partial charge in [-0.1, -0.05) is 316 Å². The van der Waals surface area contributed by atoms with Crippen molar-refractivity contribution in [2.45, 2.75) is 387 Å². The maximum absolute atomic E-state index is 13.1. The second kappa shape index (κ2) is 67.7. The van der Waals surface area contributed by atoms with Gasteiger partial charge in [0.1, 0.15) is 19.3 Å². The van der Waals surface area contributed by atoms with E-state index in [1.54, 1.807) is 0 Å². The molecule has 0 rings (SSSR count). The fourth-order valence-corrected chi connectivity index (χ4v) is 12.6. The molecule has 17 nitrogen and oxygen atoms in total. The lowest BCUT2D eigenvalue weighted by molar-refractivity contribution is -0.161. The highest BCUT2D eigenvalue weighted by Gasteiger charge is 2.30. The maximum Gasteiger partial charge on any atom is 0.472 e. The first-order valence-electron chi connectivity index (χ1n) is 38.5. The van der Waals surface area contributed by atoms with Crippen molar-refractivity contribution in [3.05, 3.63) is 24.3 Å². The number of carbonyl (C=O) groups is 4. The molecule has 0 aromatic rings. The van der Waals surface area contributed by atoms with E-state index in [4.69, 9.17) is 37.0 Å². The summed E-state index contributed by atoms with van der Waals surface area (Å²) >= 11 is 0. The van der Waals surface area contributed by atoms with Gasteiger partial charge in [-0.2, -0.15) is 0 Å². The highest BCUT2D eigenvalue weighted by atomic mass is 31.2. The number of rotatable bonds is 73. The average Bonchev–Trinajstić information content (AvgIpc) is 1.25. The topological polar surface area (TPSA) is 237 Å². The number of hydrogen-bond acceptors (Lipinski definition) is 15. The third kappa shape index (κ3) is 68.1. The number of aliphatic hydroxyl groups is 1. The molecule has 5 atom stereocenters. The van der Waals surface area contributed by atoms with Gasteiger partial charge in [0.05, 0.1) is 26.4 Å². The Morgan fingerprint density at radius 3 is 0.872 bits per heavy atom. The summed E-state index contributed by atoms with van der Waals surface area (Å²) in [5, 5.41) is 10.6. The van der Waals surface area contributed by atoms with Crippen LogP contribution in [0, 0.1) is 5.92 Å². The van der Waals surface area contributed by atoms with Gasteiger partial charge < -0.3 is 33.8 Å². The monoisotopic (exact) mass is 1380 g/mol. The number of esters is 4. The Bertz CT molecular complexity index is 1900. The van der Waals surface area contributed by atoms with Crippen LogP contribution in [0.4, 0.5) is 0 Å². The zero-order valence-corrected chi connectivity index (χ0v) is 62.4. The van der Waals surface area contributed by atoms with E-state index < -0.39 is 97.5 Å².